The van der Waals surface area contributed by atoms with Gasteiger partial charge in [0.25, 0.3) is 0 Å². The van der Waals surface area contributed by atoms with Gasteiger partial charge in [-0.1, -0.05) is 20.3 Å². The highest BCUT2D eigenvalue weighted by molar-refractivity contribution is 5.43. The Morgan fingerprint density at radius 1 is 1.35 bits per heavy atom. The van der Waals surface area contributed by atoms with Crippen molar-refractivity contribution >= 4 is 5.69 Å². The summed E-state index contributed by atoms with van der Waals surface area (Å²) in [6.45, 7) is 8.55. The molecule has 0 aromatic carbocycles. The molecule has 3 nitrogen and oxygen atoms in total. The molecule has 1 rings (SSSR count). The molecule has 1 unspecified atom stereocenters. The van der Waals surface area contributed by atoms with E-state index in [-0.39, 0.29) is 0 Å². The molecule has 1 heterocycles. The molecule has 0 spiro atoms. The van der Waals surface area contributed by atoms with E-state index in [0.29, 0.717) is 6.04 Å². The summed E-state index contributed by atoms with van der Waals surface area (Å²) in [7, 11) is 2.13. The minimum atomic E-state index is 0.329. The second-order valence-electron chi connectivity index (χ2n) is 4.50. The standard InChI is InChI=1S/C14H25N3/c1-5-7-10-17(4)13-8-9-14(16-11-13)12(3)15-6-2/h8-9,11-12,15H,5-7,10H2,1-4H3. The fourth-order valence-electron chi connectivity index (χ4n) is 1.81. The van der Waals surface area contributed by atoms with Crippen molar-refractivity contribution in [1.29, 1.82) is 0 Å². The molecule has 96 valence electrons. The normalized spacial score (nSPS) is 12.5. The van der Waals surface area contributed by atoms with Crippen LogP contribution >= 0.6 is 0 Å². The number of aromatic nitrogens is 1. The van der Waals surface area contributed by atoms with Gasteiger partial charge in [-0.25, -0.2) is 0 Å². The lowest BCUT2D eigenvalue weighted by Gasteiger charge is -2.19. The molecule has 0 bridgehead atoms. The molecule has 1 aromatic rings. The van der Waals surface area contributed by atoms with E-state index in [1.165, 1.54) is 18.5 Å². The van der Waals surface area contributed by atoms with E-state index >= 15 is 0 Å². The molecule has 0 aliphatic rings. The zero-order valence-electron chi connectivity index (χ0n) is 11.5. The Bertz CT molecular complexity index is 308. The Balaban J connectivity index is 2.60. The van der Waals surface area contributed by atoms with Crippen molar-refractivity contribution in [2.75, 3.05) is 25.0 Å². The van der Waals surface area contributed by atoms with Crippen LogP contribution in [0.1, 0.15) is 45.3 Å². The zero-order chi connectivity index (χ0) is 12.7. The Hall–Kier alpha value is -1.09. The van der Waals surface area contributed by atoms with E-state index in [0.717, 1.165) is 18.8 Å². The molecule has 0 fully saturated rings. The molecule has 1 aromatic heterocycles. The van der Waals surface area contributed by atoms with Gasteiger partial charge in [0.05, 0.1) is 17.6 Å². The summed E-state index contributed by atoms with van der Waals surface area (Å²) in [6.07, 6.45) is 4.43. The van der Waals surface area contributed by atoms with Crippen molar-refractivity contribution in [2.24, 2.45) is 0 Å². The lowest BCUT2D eigenvalue weighted by molar-refractivity contribution is 0.583. The second-order valence-corrected chi connectivity index (χ2v) is 4.50. The Labute approximate surface area is 105 Å². The van der Waals surface area contributed by atoms with Gasteiger partial charge in [0.2, 0.25) is 0 Å². The molecule has 3 heteroatoms. The molecular weight excluding hydrogens is 210 g/mol. The van der Waals surface area contributed by atoms with Gasteiger partial charge in [0.15, 0.2) is 0 Å². The maximum Gasteiger partial charge on any atom is 0.0572 e. The molecule has 1 N–H and O–H groups in total. The Morgan fingerprint density at radius 3 is 2.65 bits per heavy atom. The average Bonchev–Trinajstić information content (AvgIpc) is 2.36. The van der Waals surface area contributed by atoms with E-state index in [2.05, 4.69) is 55.2 Å². The molecule has 0 saturated carbocycles. The van der Waals surface area contributed by atoms with Crippen LogP contribution < -0.4 is 10.2 Å². The van der Waals surface area contributed by atoms with Crippen molar-refractivity contribution in [3.05, 3.63) is 24.0 Å². The first-order valence-electron chi connectivity index (χ1n) is 6.59. The van der Waals surface area contributed by atoms with Gasteiger partial charge < -0.3 is 10.2 Å². The number of nitrogens with zero attached hydrogens (tertiary/aromatic N) is 2. The summed E-state index contributed by atoms with van der Waals surface area (Å²) < 4.78 is 0. The quantitative estimate of drug-likeness (QED) is 0.787. The first-order chi connectivity index (χ1) is 8.19. The predicted molar refractivity (Wildman–Crippen MR) is 74.5 cm³/mol. The molecule has 0 saturated heterocycles. The van der Waals surface area contributed by atoms with Crippen LogP contribution in [0.2, 0.25) is 0 Å². The molecule has 17 heavy (non-hydrogen) atoms. The van der Waals surface area contributed by atoms with Crippen LogP contribution in [-0.2, 0) is 0 Å². The minimum absolute atomic E-state index is 0.329. The molecular formula is C14H25N3. The van der Waals surface area contributed by atoms with Crippen LogP contribution in [0.25, 0.3) is 0 Å². The molecule has 0 aliphatic carbocycles. The number of hydrogen-bond donors (Lipinski definition) is 1. The van der Waals surface area contributed by atoms with Gasteiger partial charge in [0.1, 0.15) is 0 Å². The van der Waals surface area contributed by atoms with Crippen LogP contribution in [0.15, 0.2) is 18.3 Å². The van der Waals surface area contributed by atoms with Gasteiger partial charge >= 0.3 is 0 Å². The molecule has 1 atom stereocenters. The summed E-state index contributed by atoms with van der Waals surface area (Å²) in [5, 5.41) is 3.37. The first kappa shape index (κ1) is 14.0. The highest BCUT2D eigenvalue weighted by Crippen LogP contribution is 2.15. The van der Waals surface area contributed by atoms with Gasteiger partial charge in [-0.2, -0.15) is 0 Å². The highest BCUT2D eigenvalue weighted by Gasteiger charge is 2.06. The first-order valence-corrected chi connectivity index (χ1v) is 6.59. The van der Waals surface area contributed by atoms with E-state index in [9.17, 15) is 0 Å². The number of hydrogen-bond acceptors (Lipinski definition) is 3. The van der Waals surface area contributed by atoms with Crippen molar-refractivity contribution < 1.29 is 0 Å². The predicted octanol–water partition coefficient (Wildman–Crippen LogP) is 2.99. The second kappa shape index (κ2) is 7.28. The molecule has 0 aliphatic heterocycles. The van der Waals surface area contributed by atoms with Crippen LogP contribution in [0, 0.1) is 0 Å². The Kier molecular flexibility index (Phi) is 5.98. The third-order valence-electron chi connectivity index (χ3n) is 3.01. The van der Waals surface area contributed by atoms with Crippen LogP contribution in [0.4, 0.5) is 5.69 Å². The largest absolute Gasteiger partial charge is 0.373 e. The van der Waals surface area contributed by atoms with Crippen molar-refractivity contribution in [3.63, 3.8) is 0 Å². The van der Waals surface area contributed by atoms with Gasteiger partial charge in [0, 0.05) is 19.6 Å². The average molecular weight is 235 g/mol. The highest BCUT2D eigenvalue weighted by atomic mass is 15.1. The molecule has 0 amide bonds. The van der Waals surface area contributed by atoms with Crippen LogP contribution in [0.3, 0.4) is 0 Å². The van der Waals surface area contributed by atoms with Crippen molar-refractivity contribution in [1.82, 2.24) is 10.3 Å². The number of nitrogens with one attached hydrogen (secondary N) is 1. The van der Waals surface area contributed by atoms with E-state index in [4.69, 9.17) is 0 Å². The summed E-state index contributed by atoms with van der Waals surface area (Å²) >= 11 is 0. The summed E-state index contributed by atoms with van der Waals surface area (Å²) in [5.74, 6) is 0. The summed E-state index contributed by atoms with van der Waals surface area (Å²) in [6, 6.07) is 4.60. The van der Waals surface area contributed by atoms with E-state index in [1.807, 2.05) is 6.20 Å². The van der Waals surface area contributed by atoms with E-state index in [1.54, 1.807) is 0 Å². The van der Waals surface area contributed by atoms with Crippen molar-refractivity contribution in [3.8, 4) is 0 Å². The van der Waals surface area contributed by atoms with Gasteiger partial charge in [-0.3, -0.25) is 4.98 Å². The zero-order valence-corrected chi connectivity index (χ0v) is 11.5. The smallest absolute Gasteiger partial charge is 0.0572 e. The maximum atomic E-state index is 4.52. The fraction of sp³-hybridized carbons (Fsp3) is 0.643. The van der Waals surface area contributed by atoms with Crippen LogP contribution in [0.5, 0.6) is 0 Å². The Morgan fingerprint density at radius 2 is 2.12 bits per heavy atom. The van der Waals surface area contributed by atoms with Crippen molar-refractivity contribution in [2.45, 2.75) is 39.7 Å². The minimum Gasteiger partial charge on any atom is -0.373 e. The number of anilines is 1. The topological polar surface area (TPSA) is 28.2 Å². The SMILES string of the molecule is CCCCN(C)c1ccc(C(C)NCC)nc1. The van der Waals surface area contributed by atoms with E-state index < -0.39 is 0 Å². The van der Waals surface area contributed by atoms with Gasteiger partial charge in [-0.05, 0) is 32.0 Å². The number of rotatable bonds is 7. The lowest BCUT2D eigenvalue weighted by Crippen LogP contribution is -2.20. The summed E-state index contributed by atoms with van der Waals surface area (Å²) in [5.41, 5.74) is 2.31. The molecule has 0 radical (unpaired) electrons. The van der Waals surface area contributed by atoms with Gasteiger partial charge in [-0.15, -0.1) is 0 Å². The lowest BCUT2D eigenvalue weighted by atomic mass is 10.2. The monoisotopic (exact) mass is 235 g/mol. The third kappa shape index (κ3) is 4.35. The number of pyridine rings is 1. The number of unbranched alkanes of at least 4 members (excludes halogenated alkanes) is 1. The third-order valence-corrected chi connectivity index (χ3v) is 3.01. The fourth-order valence-corrected chi connectivity index (χ4v) is 1.81. The maximum absolute atomic E-state index is 4.52. The van der Waals surface area contributed by atoms with Crippen LogP contribution in [-0.4, -0.2) is 25.1 Å². The summed E-state index contributed by atoms with van der Waals surface area (Å²) in [4.78, 5) is 6.78.